The second-order valence-corrected chi connectivity index (χ2v) is 6.58. The molecule has 4 heterocycles. The van der Waals surface area contributed by atoms with Crippen molar-refractivity contribution in [1.29, 1.82) is 0 Å². The molecule has 7 heteroatoms. The molecule has 7 nitrogen and oxygen atoms in total. The van der Waals surface area contributed by atoms with Gasteiger partial charge in [-0.05, 0) is 38.5 Å². The van der Waals surface area contributed by atoms with Crippen LogP contribution in [0.1, 0.15) is 38.1 Å². The van der Waals surface area contributed by atoms with Crippen LogP contribution in [0.5, 0.6) is 0 Å². The van der Waals surface area contributed by atoms with Crippen LogP contribution in [-0.4, -0.2) is 31.7 Å². The molecule has 0 radical (unpaired) electrons. The van der Waals surface area contributed by atoms with Gasteiger partial charge in [-0.1, -0.05) is 0 Å². The molecule has 0 aromatic carbocycles. The lowest BCUT2D eigenvalue weighted by Crippen LogP contribution is -2.27. The van der Waals surface area contributed by atoms with Gasteiger partial charge in [-0.3, -0.25) is 9.48 Å². The second kappa shape index (κ2) is 6.33. The van der Waals surface area contributed by atoms with Gasteiger partial charge in [0.25, 0.3) is 0 Å². The van der Waals surface area contributed by atoms with E-state index in [0.717, 1.165) is 17.0 Å². The molecular weight excluding hydrogens is 318 g/mol. The molecule has 1 fully saturated rings. The molecule has 0 unspecified atom stereocenters. The number of nitrogens with one attached hydrogen (secondary N) is 1. The van der Waals surface area contributed by atoms with Crippen LogP contribution in [0.2, 0.25) is 0 Å². The highest BCUT2D eigenvalue weighted by Gasteiger charge is 2.37. The minimum absolute atomic E-state index is 0.0292. The van der Waals surface area contributed by atoms with E-state index in [2.05, 4.69) is 29.2 Å². The summed E-state index contributed by atoms with van der Waals surface area (Å²) >= 11 is 0. The summed E-state index contributed by atoms with van der Waals surface area (Å²) < 4.78 is 9.69. The Morgan fingerprint density at radius 2 is 2.20 bits per heavy atom. The highest BCUT2D eigenvalue weighted by molar-refractivity contribution is 5.93. The van der Waals surface area contributed by atoms with Gasteiger partial charge >= 0.3 is 0 Å². The largest absolute Gasteiger partial charge is 0.371 e. The number of pyridine rings is 1. The number of ether oxygens (including phenoxy) is 1. The van der Waals surface area contributed by atoms with Gasteiger partial charge in [0.1, 0.15) is 11.8 Å². The summed E-state index contributed by atoms with van der Waals surface area (Å²) in [5.41, 5.74) is 2.55. The van der Waals surface area contributed by atoms with Crippen molar-refractivity contribution in [2.45, 2.75) is 32.4 Å². The Balaban J connectivity index is 1.55. The number of aromatic nitrogens is 4. The van der Waals surface area contributed by atoms with Gasteiger partial charge in [-0.25, -0.2) is 4.98 Å². The molecule has 0 spiro atoms. The van der Waals surface area contributed by atoms with E-state index < -0.39 is 0 Å². The highest BCUT2D eigenvalue weighted by atomic mass is 16.5. The third kappa shape index (κ3) is 2.91. The lowest BCUT2D eigenvalue weighted by Gasteiger charge is -2.21. The molecule has 0 aliphatic carbocycles. The molecular formula is C18H21N5O2. The van der Waals surface area contributed by atoms with Gasteiger partial charge in [0.15, 0.2) is 0 Å². The van der Waals surface area contributed by atoms with Crippen molar-refractivity contribution in [3.8, 4) is 0 Å². The third-order valence-corrected chi connectivity index (χ3v) is 4.57. The quantitative estimate of drug-likeness (QED) is 0.793. The Hall–Kier alpha value is -2.67. The van der Waals surface area contributed by atoms with Crippen molar-refractivity contribution in [1.82, 2.24) is 19.2 Å². The number of imidazole rings is 1. The van der Waals surface area contributed by atoms with E-state index in [1.807, 2.05) is 39.7 Å². The van der Waals surface area contributed by atoms with E-state index in [1.54, 1.807) is 12.4 Å². The third-order valence-electron chi connectivity index (χ3n) is 4.57. The zero-order valence-electron chi connectivity index (χ0n) is 14.3. The topological polar surface area (TPSA) is 73.5 Å². The second-order valence-electron chi connectivity index (χ2n) is 6.58. The molecule has 25 heavy (non-hydrogen) atoms. The lowest BCUT2D eigenvalue weighted by atomic mass is 9.97. The lowest BCUT2D eigenvalue weighted by molar-refractivity contribution is -0.121. The zero-order chi connectivity index (χ0) is 17.4. The number of carbonyl (C=O) groups is 1. The predicted molar refractivity (Wildman–Crippen MR) is 93.2 cm³/mol. The normalized spacial score (nSPS) is 20.4. The molecule has 1 saturated heterocycles. The Kier molecular flexibility index (Phi) is 4.01. The summed E-state index contributed by atoms with van der Waals surface area (Å²) in [6.07, 6.45) is 7.65. The van der Waals surface area contributed by atoms with Gasteiger partial charge in [-0.15, -0.1) is 0 Å². The number of fused-ring (bicyclic) bond motifs is 1. The Morgan fingerprint density at radius 1 is 1.32 bits per heavy atom. The summed E-state index contributed by atoms with van der Waals surface area (Å²) in [7, 11) is 0. The molecule has 0 bridgehead atoms. The average molecular weight is 339 g/mol. The van der Waals surface area contributed by atoms with Crippen LogP contribution in [0.4, 0.5) is 5.69 Å². The molecule has 4 rings (SSSR count). The SMILES string of the molecule is CC(C)n1nccc1[C@@H]1OCC[C@H]1C(=O)Nc1ccc2nccn2c1. The van der Waals surface area contributed by atoms with E-state index in [-0.39, 0.29) is 24.0 Å². The first-order chi connectivity index (χ1) is 12.1. The standard InChI is InChI=1S/C18H21N5O2/c1-12(2)23-15(5-7-20-23)17-14(6-10-25-17)18(24)21-13-3-4-16-19-8-9-22(16)11-13/h3-5,7-9,11-12,14,17H,6,10H2,1-2H3,(H,21,24)/t14-,17-/m1/s1. The van der Waals surface area contributed by atoms with Crippen molar-refractivity contribution in [2.75, 3.05) is 11.9 Å². The van der Waals surface area contributed by atoms with Crippen LogP contribution in [0, 0.1) is 5.92 Å². The molecule has 130 valence electrons. The maximum absolute atomic E-state index is 12.8. The van der Waals surface area contributed by atoms with Gasteiger partial charge in [0.2, 0.25) is 5.91 Å². The minimum Gasteiger partial charge on any atom is -0.371 e. The fourth-order valence-electron chi connectivity index (χ4n) is 3.36. The Bertz CT molecular complexity index is 898. The van der Waals surface area contributed by atoms with Gasteiger partial charge in [0, 0.05) is 37.4 Å². The summed E-state index contributed by atoms with van der Waals surface area (Å²) in [4.78, 5) is 17.0. The molecule has 2 atom stereocenters. The van der Waals surface area contributed by atoms with Crippen molar-refractivity contribution >= 4 is 17.2 Å². The first-order valence-electron chi connectivity index (χ1n) is 8.52. The molecule has 0 saturated carbocycles. The predicted octanol–water partition coefficient (Wildman–Crippen LogP) is 2.83. The van der Waals surface area contributed by atoms with E-state index in [9.17, 15) is 4.79 Å². The van der Waals surface area contributed by atoms with E-state index >= 15 is 0 Å². The van der Waals surface area contributed by atoms with Crippen LogP contribution in [0.25, 0.3) is 5.65 Å². The number of carbonyl (C=O) groups excluding carboxylic acids is 1. The summed E-state index contributed by atoms with van der Waals surface area (Å²) in [5, 5.41) is 7.37. The zero-order valence-corrected chi connectivity index (χ0v) is 14.3. The van der Waals surface area contributed by atoms with Crippen LogP contribution in [0.15, 0.2) is 43.0 Å². The van der Waals surface area contributed by atoms with Gasteiger partial charge in [-0.2, -0.15) is 5.10 Å². The number of amides is 1. The van der Waals surface area contributed by atoms with Crippen LogP contribution in [-0.2, 0) is 9.53 Å². The van der Waals surface area contributed by atoms with Gasteiger partial charge in [0.05, 0.1) is 17.3 Å². The van der Waals surface area contributed by atoms with Crippen molar-refractivity contribution < 1.29 is 9.53 Å². The molecule has 1 aliphatic rings. The number of rotatable bonds is 4. The Labute approximate surface area is 145 Å². The first-order valence-corrected chi connectivity index (χ1v) is 8.52. The van der Waals surface area contributed by atoms with Crippen molar-refractivity contribution in [3.05, 3.63) is 48.7 Å². The molecule has 3 aromatic rings. The average Bonchev–Trinajstić information content (AvgIpc) is 3.32. The maximum Gasteiger partial charge on any atom is 0.230 e. The highest BCUT2D eigenvalue weighted by Crippen LogP contribution is 2.36. The van der Waals surface area contributed by atoms with Crippen molar-refractivity contribution in [2.24, 2.45) is 5.92 Å². The van der Waals surface area contributed by atoms with Crippen molar-refractivity contribution in [3.63, 3.8) is 0 Å². The van der Waals surface area contributed by atoms with E-state index in [1.165, 1.54) is 0 Å². The molecule has 1 aliphatic heterocycles. The summed E-state index contributed by atoms with van der Waals surface area (Å²) in [5.74, 6) is -0.258. The van der Waals surface area contributed by atoms with Gasteiger partial charge < -0.3 is 14.5 Å². The smallest absolute Gasteiger partial charge is 0.230 e. The fourth-order valence-corrected chi connectivity index (χ4v) is 3.36. The first kappa shape index (κ1) is 15.8. The summed E-state index contributed by atoms with van der Waals surface area (Å²) in [6.45, 7) is 4.72. The molecule has 3 aromatic heterocycles. The van der Waals surface area contributed by atoms with Crippen LogP contribution in [0.3, 0.4) is 0 Å². The van der Waals surface area contributed by atoms with Crippen LogP contribution < -0.4 is 5.32 Å². The molecule has 1 N–H and O–H groups in total. The number of hydrogen-bond acceptors (Lipinski definition) is 4. The summed E-state index contributed by atoms with van der Waals surface area (Å²) in [6, 6.07) is 5.91. The maximum atomic E-state index is 12.8. The molecule has 1 amide bonds. The van der Waals surface area contributed by atoms with E-state index in [4.69, 9.17) is 4.74 Å². The number of nitrogens with zero attached hydrogens (tertiary/aromatic N) is 4. The monoisotopic (exact) mass is 339 g/mol. The Morgan fingerprint density at radius 3 is 3.04 bits per heavy atom. The minimum atomic E-state index is -0.262. The van der Waals surface area contributed by atoms with Crippen LogP contribution >= 0.6 is 0 Å². The van der Waals surface area contributed by atoms with E-state index in [0.29, 0.717) is 13.0 Å². The number of anilines is 1. The fraction of sp³-hybridized carbons (Fsp3) is 0.389. The number of hydrogen-bond donors (Lipinski definition) is 1.